The van der Waals surface area contributed by atoms with Crippen molar-refractivity contribution in [1.29, 1.82) is 0 Å². The number of amides is 2. The fraction of sp³-hybridized carbons (Fsp3) is 0.205. The van der Waals surface area contributed by atoms with Crippen LogP contribution in [-0.2, 0) is 22.6 Å². The van der Waals surface area contributed by atoms with Gasteiger partial charge < -0.3 is 34.2 Å². The summed E-state index contributed by atoms with van der Waals surface area (Å²) >= 11 is 1.44. The molecule has 4 aromatic carbocycles. The first-order valence-electron chi connectivity index (χ1n) is 18.0. The van der Waals surface area contributed by atoms with Crippen LogP contribution in [0.2, 0.25) is 0 Å². The molecule has 56 heavy (non-hydrogen) atoms. The number of hydrogen-bond donors (Lipinski definition) is 3. The highest BCUT2D eigenvalue weighted by Crippen LogP contribution is 2.43. The number of fused-ring (bicyclic) bond motifs is 3. The Balaban J connectivity index is 0.924. The van der Waals surface area contributed by atoms with Gasteiger partial charge in [-0.1, -0.05) is 48.5 Å². The molecule has 1 fully saturated rings. The van der Waals surface area contributed by atoms with Crippen molar-refractivity contribution in [3.63, 3.8) is 0 Å². The lowest BCUT2D eigenvalue weighted by atomic mass is 9.91. The second-order valence-corrected chi connectivity index (χ2v) is 14.8. The summed E-state index contributed by atoms with van der Waals surface area (Å²) in [6, 6.07) is 32.3. The number of nitrogens with zero attached hydrogens (tertiary/aromatic N) is 1. The van der Waals surface area contributed by atoms with Gasteiger partial charge in [-0.05, 0) is 77.7 Å². The van der Waals surface area contributed by atoms with Gasteiger partial charge >= 0.3 is 0 Å². The minimum absolute atomic E-state index is 0.0402. The topological polar surface area (TPSA) is 148 Å². The molecule has 0 unspecified atom stereocenters. The van der Waals surface area contributed by atoms with Crippen LogP contribution in [0, 0.1) is 6.92 Å². The number of aryl methyl sites for hydroxylation is 1. The summed E-state index contributed by atoms with van der Waals surface area (Å²) in [6.45, 7) is 2.33. The smallest absolute Gasteiger partial charge is 0.253 e. The normalized spacial score (nSPS) is 16.5. The predicted octanol–water partition coefficient (Wildman–Crippen LogP) is 6.05. The molecule has 0 radical (unpaired) electrons. The molecule has 1 aliphatic carbocycles. The maximum Gasteiger partial charge on any atom is 0.253 e. The highest BCUT2D eigenvalue weighted by Gasteiger charge is 2.53. The van der Waals surface area contributed by atoms with Gasteiger partial charge in [0.2, 0.25) is 5.91 Å². The number of aliphatic hydroxyl groups is 2. The second-order valence-electron chi connectivity index (χ2n) is 13.7. The molecule has 3 heterocycles. The van der Waals surface area contributed by atoms with Crippen LogP contribution in [0.5, 0.6) is 17.2 Å². The third-order valence-corrected chi connectivity index (χ3v) is 11.3. The van der Waals surface area contributed by atoms with E-state index >= 15 is 0 Å². The Bertz CT molecular complexity index is 2500. The number of rotatable bonds is 12. The largest absolute Gasteiger partial charge is 0.497 e. The highest BCUT2D eigenvalue weighted by molar-refractivity contribution is 8.00. The monoisotopic (exact) mass is 770 g/mol. The molecule has 0 aromatic heterocycles. The molecule has 12 heteroatoms. The van der Waals surface area contributed by atoms with Gasteiger partial charge in [0, 0.05) is 40.0 Å². The number of ether oxygens (including phenoxy) is 3. The lowest BCUT2D eigenvalue weighted by molar-refractivity contribution is -0.150. The van der Waals surface area contributed by atoms with Crippen molar-refractivity contribution in [2.24, 2.45) is 0 Å². The van der Waals surface area contributed by atoms with Crippen molar-refractivity contribution < 1.29 is 38.4 Å². The van der Waals surface area contributed by atoms with Crippen LogP contribution in [0.3, 0.4) is 0 Å². The Morgan fingerprint density at radius 1 is 0.857 bits per heavy atom. The Labute approximate surface area is 326 Å². The van der Waals surface area contributed by atoms with E-state index < -0.39 is 23.6 Å². The van der Waals surface area contributed by atoms with Crippen molar-refractivity contribution in [3.05, 3.63) is 147 Å². The summed E-state index contributed by atoms with van der Waals surface area (Å²) in [4.78, 5) is 39.4. The molecule has 284 valence electrons. The quantitative estimate of drug-likeness (QED) is 0.0764. The number of carbonyl (C=O) groups excluding carboxylic acids is 2. The minimum Gasteiger partial charge on any atom is -0.497 e. The molecule has 1 saturated heterocycles. The van der Waals surface area contributed by atoms with Crippen LogP contribution < -0.4 is 25.0 Å². The Kier molecular flexibility index (Phi) is 10.3. The number of hydrogen-bond acceptors (Lipinski definition) is 10. The predicted molar refractivity (Wildman–Crippen MR) is 213 cm³/mol. The maximum atomic E-state index is 13.1. The van der Waals surface area contributed by atoms with Crippen molar-refractivity contribution >= 4 is 34.5 Å². The van der Waals surface area contributed by atoms with Crippen LogP contribution in [0.1, 0.15) is 16.7 Å². The summed E-state index contributed by atoms with van der Waals surface area (Å²) < 4.78 is 23.9. The van der Waals surface area contributed by atoms with E-state index in [1.807, 2.05) is 85.8 Å². The first kappa shape index (κ1) is 36.9. The molecule has 0 bridgehead atoms. The summed E-state index contributed by atoms with van der Waals surface area (Å²) in [5, 5.41) is 23.8. The maximum absolute atomic E-state index is 13.1. The number of thioether (sulfide) groups is 1. The Morgan fingerprint density at radius 3 is 2.34 bits per heavy atom. The van der Waals surface area contributed by atoms with Gasteiger partial charge in [-0.2, -0.15) is 0 Å². The highest BCUT2D eigenvalue weighted by atomic mass is 32.2. The number of methoxy groups -OCH3 is 1. The molecule has 3 N–H and O–H groups in total. The number of aliphatic hydroxyl groups excluding tert-OH is 1. The van der Waals surface area contributed by atoms with Gasteiger partial charge in [0.25, 0.3) is 5.91 Å². The number of benzene rings is 5. The zero-order valence-electron chi connectivity index (χ0n) is 30.6. The molecule has 3 aliphatic heterocycles. The summed E-state index contributed by atoms with van der Waals surface area (Å²) in [5.41, 5.74) is 6.61. The van der Waals surface area contributed by atoms with Crippen LogP contribution in [0.25, 0.3) is 33.4 Å². The lowest BCUT2D eigenvalue weighted by Crippen LogP contribution is -2.71. The van der Waals surface area contributed by atoms with Gasteiger partial charge in [-0.3, -0.25) is 19.3 Å². The second kappa shape index (κ2) is 15.6. The fourth-order valence-electron chi connectivity index (χ4n) is 7.18. The van der Waals surface area contributed by atoms with Crippen LogP contribution in [-0.4, -0.2) is 64.1 Å². The van der Waals surface area contributed by atoms with Crippen molar-refractivity contribution in [2.45, 2.75) is 37.7 Å². The van der Waals surface area contributed by atoms with E-state index in [1.165, 1.54) is 22.7 Å². The zero-order valence-corrected chi connectivity index (χ0v) is 31.4. The molecular weight excluding hydrogens is 733 g/mol. The van der Waals surface area contributed by atoms with E-state index in [1.54, 1.807) is 31.4 Å². The molecule has 0 spiro atoms. The van der Waals surface area contributed by atoms with Gasteiger partial charge in [0.05, 0.1) is 19.2 Å². The zero-order chi connectivity index (χ0) is 38.9. The third-order valence-electron chi connectivity index (χ3n) is 9.97. The molecular formula is C44H38N2O9S. The van der Waals surface area contributed by atoms with Crippen molar-refractivity contribution in [1.82, 2.24) is 10.2 Å². The van der Waals surface area contributed by atoms with Crippen LogP contribution in [0.4, 0.5) is 0 Å². The van der Waals surface area contributed by atoms with Crippen LogP contribution in [0.15, 0.2) is 130 Å². The molecule has 8 rings (SSSR count). The van der Waals surface area contributed by atoms with E-state index in [0.29, 0.717) is 34.2 Å². The summed E-state index contributed by atoms with van der Waals surface area (Å²) in [5.74, 6) is 2.10. The van der Waals surface area contributed by atoms with Crippen LogP contribution >= 0.6 is 11.8 Å². The van der Waals surface area contributed by atoms with Gasteiger partial charge in [0.15, 0.2) is 11.7 Å². The average molecular weight is 771 g/mol. The SMILES string of the molecule is COc1ccc(-c2c3ccc(=O)cc-3oc3cc(OCc4ccc(OCC5=C(C(O)O)N6C(=O)[C@@H](NC(=O)Cc7ccccc7)[C@H]6SC5)cc4)ccc23)c(C)c1. The molecule has 4 aromatic rings. The van der Waals surface area contributed by atoms with Gasteiger partial charge in [-0.25, -0.2) is 0 Å². The number of β-lactam (4-membered cyclic amide) rings is 1. The van der Waals surface area contributed by atoms with Gasteiger partial charge in [-0.15, -0.1) is 11.8 Å². The van der Waals surface area contributed by atoms with E-state index in [0.717, 1.165) is 44.5 Å². The first-order chi connectivity index (χ1) is 27.2. The lowest BCUT2D eigenvalue weighted by Gasteiger charge is -2.50. The Hall–Kier alpha value is -6.08. The fourth-order valence-corrected chi connectivity index (χ4v) is 8.52. The van der Waals surface area contributed by atoms with E-state index in [9.17, 15) is 24.6 Å². The molecule has 4 aliphatic rings. The minimum atomic E-state index is -1.88. The number of carbonyl (C=O) groups is 2. The third kappa shape index (κ3) is 7.34. The van der Waals surface area contributed by atoms with Gasteiger partial charge in [0.1, 0.15) is 53.2 Å². The standard InChI is InChI=1S/C44H38N2O9S/c1-25-18-31(52-2)13-16-33(25)39-34-15-10-29(47)20-36(34)55-37-21-32(14-17-35(37)39)53-22-27-8-11-30(12-9-27)54-23-28-24-56-43-40(42(49)46(43)41(28)44(50)51)45-38(48)19-26-6-4-3-5-7-26/h3-18,20-21,40,43-44,50-51H,19,22-24H2,1-2H3,(H,45,48)/t40-,43-/m1/s1. The van der Waals surface area contributed by atoms with E-state index in [2.05, 4.69) is 5.32 Å². The molecule has 0 saturated carbocycles. The van der Waals surface area contributed by atoms with E-state index in [4.69, 9.17) is 18.6 Å². The van der Waals surface area contributed by atoms with E-state index in [-0.39, 0.29) is 36.7 Å². The average Bonchev–Trinajstić information content (AvgIpc) is 3.20. The molecule has 2 atom stereocenters. The number of nitrogens with one attached hydrogen (secondary N) is 1. The summed E-state index contributed by atoms with van der Waals surface area (Å²) in [7, 11) is 1.64. The molecule has 2 amide bonds. The molecule has 11 nitrogen and oxygen atoms in total. The Morgan fingerprint density at radius 2 is 1.59 bits per heavy atom. The van der Waals surface area contributed by atoms with Crippen molar-refractivity contribution in [3.8, 4) is 39.7 Å². The van der Waals surface area contributed by atoms with Crippen molar-refractivity contribution in [2.75, 3.05) is 19.5 Å². The summed E-state index contributed by atoms with van der Waals surface area (Å²) in [6.07, 6.45) is -1.74. The first-order valence-corrected chi connectivity index (χ1v) is 19.1.